The van der Waals surface area contributed by atoms with Gasteiger partial charge >= 0.3 is 0 Å². The number of nitrogens with one attached hydrogen (secondary N) is 2. The average molecular weight is 208 g/mol. The number of rotatable bonds is 3. The molecule has 5 heteroatoms. The molecule has 82 valence electrons. The van der Waals surface area contributed by atoms with E-state index in [1.54, 1.807) is 6.07 Å². The van der Waals surface area contributed by atoms with E-state index < -0.39 is 0 Å². The van der Waals surface area contributed by atoms with Crippen molar-refractivity contribution in [2.24, 2.45) is 0 Å². The molecule has 1 aromatic heterocycles. The monoisotopic (exact) mass is 208 g/mol. The second-order valence-corrected chi connectivity index (χ2v) is 3.84. The topological polar surface area (TPSA) is 61.0 Å². The number of amides is 1. The quantitative estimate of drug-likeness (QED) is 0.743. The van der Waals surface area contributed by atoms with Crippen molar-refractivity contribution in [2.45, 2.75) is 19.9 Å². The molecule has 1 saturated heterocycles. The predicted octanol–water partition coefficient (Wildman–Crippen LogP) is 0.152. The number of hydrogen-bond acceptors (Lipinski definition) is 3. The van der Waals surface area contributed by atoms with E-state index in [4.69, 9.17) is 0 Å². The van der Waals surface area contributed by atoms with Crippen LogP contribution in [0.15, 0.2) is 6.07 Å². The van der Waals surface area contributed by atoms with Crippen molar-refractivity contribution in [3.8, 4) is 0 Å². The van der Waals surface area contributed by atoms with Gasteiger partial charge in [-0.1, -0.05) is 0 Å². The van der Waals surface area contributed by atoms with Crippen LogP contribution in [0.2, 0.25) is 0 Å². The highest BCUT2D eigenvalue weighted by atomic mass is 16.2. The summed E-state index contributed by atoms with van der Waals surface area (Å²) in [5.41, 5.74) is 1.43. The Labute approximate surface area is 88.8 Å². The molecule has 15 heavy (non-hydrogen) atoms. The molecule has 2 heterocycles. The Morgan fingerprint density at radius 3 is 2.80 bits per heavy atom. The zero-order valence-electron chi connectivity index (χ0n) is 9.08. The number of H-pyrrole nitrogens is 1. The first-order valence-electron chi connectivity index (χ1n) is 5.26. The highest BCUT2D eigenvalue weighted by Gasteiger charge is 2.28. The van der Waals surface area contributed by atoms with E-state index in [0.717, 1.165) is 25.3 Å². The van der Waals surface area contributed by atoms with E-state index in [0.29, 0.717) is 11.7 Å². The highest BCUT2D eigenvalue weighted by molar-refractivity contribution is 5.92. The third-order valence-electron chi connectivity index (χ3n) is 2.73. The lowest BCUT2D eigenvalue weighted by Gasteiger charge is -2.37. The van der Waals surface area contributed by atoms with Crippen molar-refractivity contribution in [3.63, 3.8) is 0 Å². The summed E-state index contributed by atoms with van der Waals surface area (Å²) < 4.78 is 0. The number of carbonyl (C=O) groups is 1. The fraction of sp³-hybridized carbons (Fsp3) is 0.600. The molecule has 1 aliphatic heterocycles. The van der Waals surface area contributed by atoms with Gasteiger partial charge in [0.2, 0.25) is 0 Å². The maximum absolute atomic E-state index is 12.0. The predicted molar refractivity (Wildman–Crippen MR) is 56.7 cm³/mol. The van der Waals surface area contributed by atoms with Crippen molar-refractivity contribution in [1.82, 2.24) is 20.4 Å². The molecule has 1 amide bonds. The second kappa shape index (κ2) is 4.02. The summed E-state index contributed by atoms with van der Waals surface area (Å²) in [4.78, 5) is 13.9. The summed E-state index contributed by atoms with van der Waals surface area (Å²) in [7, 11) is 0. The molecular formula is C10H16N4O. The van der Waals surface area contributed by atoms with Crippen LogP contribution in [0.4, 0.5) is 0 Å². The van der Waals surface area contributed by atoms with Gasteiger partial charge in [0.05, 0.1) is 6.04 Å². The van der Waals surface area contributed by atoms with Gasteiger partial charge in [-0.05, 0) is 19.9 Å². The van der Waals surface area contributed by atoms with E-state index in [2.05, 4.69) is 15.5 Å². The van der Waals surface area contributed by atoms with Gasteiger partial charge in [0.1, 0.15) is 5.69 Å². The standard InChI is InChI=1S/C10H16N4O/c1-3-14(8-5-11-6-8)10(15)9-4-7(2)12-13-9/h4,8,11H,3,5-6H2,1-2H3,(H,12,13). The van der Waals surface area contributed by atoms with E-state index in [-0.39, 0.29) is 5.91 Å². The van der Waals surface area contributed by atoms with Crippen LogP contribution in [0.5, 0.6) is 0 Å². The van der Waals surface area contributed by atoms with Crippen LogP contribution < -0.4 is 5.32 Å². The van der Waals surface area contributed by atoms with E-state index in [1.807, 2.05) is 18.7 Å². The molecule has 2 N–H and O–H groups in total. The minimum Gasteiger partial charge on any atom is -0.332 e. The van der Waals surface area contributed by atoms with Gasteiger partial charge in [0.15, 0.2) is 0 Å². The van der Waals surface area contributed by atoms with E-state index in [9.17, 15) is 4.79 Å². The molecule has 0 atom stereocenters. The van der Waals surface area contributed by atoms with Gasteiger partial charge in [-0.2, -0.15) is 5.10 Å². The number of aromatic nitrogens is 2. The fourth-order valence-corrected chi connectivity index (χ4v) is 1.74. The Bertz CT molecular complexity index is 356. The first-order valence-corrected chi connectivity index (χ1v) is 5.26. The second-order valence-electron chi connectivity index (χ2n) is 3.84. The van der Waals surface area contributed by atoms with Crippen LogP contribution in [-0.2, 0) is 0 Å². The van der Waals surface area contributed by atoms with Gasteiger partial charge in [0, 0.05) is 25.3 Å². The van der Waals surface area contributed by atoms with E-state index in [1.165, 1.54) is 0 Å². The molecule has 0 bridgehead atoms. The molecule has 1 aliphatic rings. The van der Waals surface area contributed by atoms with Gasteiger partial charge in [-0.3, -0.25) is 9.89 Å². The van der Waals surface area contributed by atoms with Crippen LogP contribution in [0.1, 0.15) is 23.1 Å². The Morgan fingerprint density at radius 2 is 2.40 bits per heavy atom. The fourth-order valence-electron chi connectivity index (χ4n) is 1.74. The molecule has 1 aromatic rings. The van der Waals surface area contributed by atoms with Crippen molar-refractivity contribution in [3.05, 3.63) is 17.5 Å². The first kappa shape index (κ1) is 10.2. The molecule has 0 aliphatic carbocycles. The lowest BCUT2D eigenvalue weighted by molar-refractivity contribution is 0.0624. The number of carbonyl (C=O) groups excluding carboxylic acids is 1. The molecule has 0 radical (unpaired) electrons. The van der Waals surface area contributed by atoms with Crippen molar-refractivity contribution in [2.75, 3.05) is 19.6 Å². The van der Waals surface area contributed by atoms with Gasteiger partial charge < -0.3 is 10.2 Å². The summed E-state index contributed by atoms with van der Waals surface area (Å²) in [5.74, 6) is 0.0216. The first-order chi connectivity index (χ1) is 7.22. The normalized spacial score (nSPS) is 16.1. The zero-order chi connectivity index (χ0) is 10.8. The van der Waals surface area contributed by atoms with Crippen molar-refractivity contribution < 1.29 is 4.79 Å². The molecule has 2 rings (SSSR count). The summed E-state index contributed by atoms with van der Waals surface area (Å²) in [6, 6.07) is 2.12. The molecule has 0 saturated carbocycles. The SMILES string of the molecule is CCN(C(=O)c1cc(C)[nH]n1)C1CNC1. The molecule has 5 nitrogen and oxygen atoms in total. The van der Waals surface area contributed by atoms with Gasteiger partial charge in [-0.25, -0.2) is 0 Å². The average Bonchev–Trinajstić information content (AvgIpc) is 2.57. The minimum atomic E-state index is 0.0216. The number of likely N-dealkylation sites (N-methyl/N-ethyl adjacent to an activating group) is 1. The summed E-state index contributed by atoms with van der Waals surface area (Å²) >= 11 is 0. The van der Waals surface area contributed by atoms with Crippen LogP contribution in [0, 0.1) is 6.92 Å². The molecule has 0 unspecified atom stereocenters. The smallest absolute Gasteiger partial charge is 0.274 e. The Kier molecular flexibility index (Phi) is 2.73. The maximum Gasteiger partial charge on any atom is 0.274 e. The minimum absolute atomic E-state index is 0.0216. The van der Waals surface area contributed by atoms with Gasteiger partial charge in [-0.15, -0.1) is 0 Å². The molecule has 1 fully saturated rings. The molecular weight excluding hydrogens is 192 g/mol. The Balaban J connectivity index is 2.10. The lowest BCUT2D eigenvalue weighted by Crippen LogP contribution is -2.58. The van der Waals surface area contributed by atoms with Crippen molar-refractivity contribution in [1.29, 1.82) is 0 Å². The van der Waals surface area contributed by atoms with Crippen LogP contribution in [0.3, 0.4) is 0 Å². The number of aryl methyl sites for hydroxylation is 1. The molecule has 0 aromatic carbocycles. The van der Waals surface area contributed by atoms with Crippen LogP contribution >= 0.6 is 0 Å². The number of hydrogen-bond donors (Lipinski definition) is 2. The third-order valence-corrected chi connectivity index (χ3v) is 2.73. The number of aromatic amines is 1. The summed E-state index contributed by atoms with van der Waals surface area (Å²) in [6.45, 7) is 6.41. The zero-order valence-corrected chi connectivity index (χ0v) is 9.08. The van der Waals surface area contributed by atoms with Crippen molar-refractivity contribution >= 4 is 5.91 Å². The summed E-state index contributed by atoms with van der Waals surface area (Å²) in [6.07, 6.45) is 0. The lowest BCUT2D eigenvalue weighted by atomic mass is 10.1. The summed E-state index contributed by atoms with van der Waals surface area (Å²) in [5, 5.41) is 9.94. The Hall–Kier alpha value is -1.36. The van der Waals surface area contributed by atoms with Crippen LogP contribution in [0.25, 0.3) is 0 Å². The van der Waals surface area contributed by atoms with E-state index >= 15 is 0 Å². The Morgan fingerprint density at radius 1 is 1.67 bits per heavy atom. The van der Waals surface area contributed by atoms with Gasteiger partial charge in [0.25, 0.3) is 5.91 Å². The molecule has 0 spiro atoms. The highest BCUT2D eigenvalue weighted by Crippen LogP contribution is 2.10. The van der Waals surface area contributed by atoms with Crippen LogP contribution in [-0.4, -0.2) is 46.7 Å². The largest absolute Gasteiger partial charge is 0.332 e. The third kappa shape index (κ3) is 1.87. The maximum atomic E-state index is 12.0. The number of nitrogens with zero attached hydrogens (tertiary/aromatic N) is 2.